The van der Waals surface area contributed by atoms with Crippen LogP contribution in [0.2, 0.25) is 0 Å². The largest absolute Gasteiger partial charge is 0.464 e. The Morgan fingerprint density at radius 1 is 1.58 bits per heavy atom. The lowest BCUT2D eigenvalue weighted by Gasteiger charge is -2.09. The predicted molar refractivity (Wildman–Crippen MR) is 65.3 cm³/mol. The van der Waals surface area contributed by atoms with Crippen LogP contribution in [0.4, 0.5) is 5.69 Å². The number of rotatable bonds is 6. The van der Waals surface area contributed by atoms with E-state index in [1.54, 1.807) is 13.0 Å². The summed E-state index contributed by atoms with van der Waals surface area (Å²) >= 11 is 0. The molecule has 0 aliphatic rings. The van der Waals surface area contributed by atoms with Crippen LogP contribution >= 0.6 is 0 Å². The molecule has 1 aromatic rings. The molecule has 0 aliphatic carbocycles. The van der Waals surface area contributed by atoms with E-state index in [9.17, 15) is 19.7 Å². The summed E-state index contributed by atoms with van der Waals surface area (Å²) in [6.07, 6.45) is 1.36. The van der Waals surface area contributed by atoms with Gasteiger partial charge in [-0.25, -0.2) is 9.59 Å². The van der Waals surface area contributed by atoms with E-state index in [4.69, 9.17) is 4.74 Å². The first kappa shape index (κ1) is 14.5. The number of isocyanates is 1. The Morgan fingerprint density at radius 3 is 2.89 bits per heavy atom. The van der Waals surface area contributed by atoms with Crippen LogP contribution in [-0.2, 0) is 20.7 Å². The van der Waals surface area contributed by atoms with E-state index >= 15 is 0 Å². The number of benzene rings is 1. The Bertz CT molecular complexity index is 523. The molecule has 0 radical (unpaired) electrons. The van der Waals surface area contributed by atoms with E-state index in [1.165, 1.54) is 24.3 Å². The fourth-order valence-electron chi connectivity index (χ4n) is 1.50. The van der Waals surface area contributed by atoms with Crippen LogP contribution in [0.3, 0.4) is 0 Å². The van der Waals surface area contributed by atoms with Crippen LogP contribution in [0.1, 0.15) is 12.5 Å². The third-order valence-corrected chi connectivity index (χ3v) is 2.32. The first-order valence-electron chi connectivity index (χ1n) is 5.55. The minimum absolute atomic E-state index is 0.0513. The van der Waals surface area contributed by atoms with Crippen LogP contribution in [0.5, 0.6) is 0 Å². The van der Waals surface area contributed by atoms with Crippen molar-refractivity contribution in [3.63, 3.8) is 0 Å². The maximum absolute atomic E-state index is 11.5. The van der Waals surface area contributed by atoms with Crippen LogP contribution < -0.4 is 0 Å². The smallest absolute Gasteiger partial charge is 0.332 e. The highest BCUT2D eigenvalue weighted by Gasteiger charge is 2.20. The molecular weight excluding hydrogens is 252 g/mol. The maximum Gasteiger partial charge on any atom is 0.332 e. The third kappa shape index (κ3) is 4.33. The topological polar surface area (TPSA) is 98.9 Å². The zero-order valence-electron chi connectivity index (χ0n) is 10.2. The second-order valence-corrected chi connectivity index (χ2v) is 3.62. The fourth-order valence-corrected chi connectivity index (χ4v) is 1.50. The zero-order valence-corrected chi connectivity index (χ0v) is 10.2. The van der Waals surface area contributed by atoms with Gasteiger partial charge in [-0.05, 0) is 12.5 Å². The van der Waals surface area contributed by atoms with Crippen LogP contribution in [-0.4, -0.2) is 29.6 Å². The molecule has 1 atom stereocenters. The molecule has 0 N–H and O–H groups in total. The van der Waals surface area contributed by atoms with Gasteiger partial charge in [0.15, 0.2) is 6.04 Å². The number of hydrogen-bond donors (Lipinski definition) is 0. The highest BCUT2D eigenvalue weighted by Crippen LogP contribution is 2.15. The van der Waals surface area contributed by atoms with Gasteiger partial charge >= 0.3 is 5.97 Å². The van der Waals surface area contributed by atoms with Gasteiger partial charge in [0.05, 0.1) is 11.5 Å². The maximum atomic E-state index is 11.5. The molecule has 1 unspecified atom stereocenters. The number of nitro groups is 1. The van der Waals surface area contributed by atoms with Gasteiger partial charge in [-0.2, -0.15) is 4.99 Å². The van der Waals surface area contributed by atoms with E-state index in [2.05, 4.69) is 4.99 Å². The monoisotopic (exact) mass is 264 g/mol. The molecule has 100 valence electrons. The number of nitro benzene ring substituents is 1. The fraction of sp³-hybridized carbons (Fsp3) is 0.333. The summed E-state index contributed by atoms with van der Waals surface area (Å²) in [5, 5.41) is 10.6. The zero-order chi connectivity index (χ0) is 14.3. The van der Waals surface area contributed by atoms with Crippen LogP contribution in [0.25, 0.3) is 0 Å². The molecule has 0 saturated heterocycles. The highest BCUT2D eigenvalue weighted by molar-refractivity contribution is 5.77. The molecule has 7 nitrogen and oxygen atoms in total. The average molecular weight is 264 g/mol. The number of nitrogens with zero attached hydrogens (tertiary/aromatic N) is 2. The van der Waals surface area contributed by atoms with Crippen molar-refractivity contribution in [1.29, 1.82) is 0 Å². The standard InChI is InChI=1S/C12H12N2O5/c1-2-19-12(16)11(13-8-15)7-9-4-3-5-10(6-9)14(17)18/h3-6,11H,2,7H2,1H3. The lowest BCUT2D eigenvalue weighted by Crippen LogP contribution is -2.23. The van der Waals surface area contributed by atoms with Gasteiger partial charge in [0.2, 0.25) is 6.08 Å². The molecule has 0 saturated carbocycles. The Labute approximate surface area is 109 Å². The van der Waals surface area contributed by atoms with E-state index in [-0.39, 0.29) is 18.7 Å². The number of non-ortho nitro benzene ring substituents is 1. The third-order valence-electron chi connectivity index (χ3n) is 2.32. The van der Waals surface area contributed by atoms with Crippen molar-refractivity contribution in [2.45, 2.75) is 19.4 Å². The summed E-state index contributed by atoms with van der Waals surface area (Å²) in [6, 6.07) is 4.75. The summed E-state index contributed by atoms with van der Waals surface area (Å²) in [5.74, 6) is -0.655. The Morgan fingerprint density at radius 2 is 2.32 bits per heavy atom. The molecule has 0 amide bonds. The molecule has 0 bridgehead atoms. The van der Waals surface area contributed by atoms with Gasteiger partial charge in [0.25, 0.3) is 5.69 Å². The first-order chi connectivity index (χ1) is 9.08. The van der Waals surface area contributed by atoms with Gasteiger partial charge < -0.3 is 4.74 Å². The molecule has 1 rings (SSSR count). The molecular formula is C12H12N2O5. The molecule has 0 fully saturated rings. The molecule has 0 spiro atoms. The van der Waals surface area contributed by atoms with Crippen molar-refractivity contribution in [2.75, 3.05) is 6.61 Å². The number of carbonyl (C=O) groups is 1. The normalized spacial score (nSPS) is 11.2. The number of hydrogen-bond acceptors (Lipinski definition) is 6. The van der Waals surface area contributed by atoms with Crippen molar-refractivity contribution >= 4 is 17.7 Å². The SMILES string of the molecule is CCOC(=O)C(Cc1cccc([N+](=O)[O-])c1)N=C=O. The van der Waals surface area contributed by atoms with Gasteiger partial charge in [-0.3, -0.25) is 10.1 Å². The highest BCUT2D eigenvalue weighted by atomic mass is 16.6. The second kappa shape index (κ2) is 7.03. The summed E-state index contributed by atoms with van der Waals surface area (Å²) < 4.78 is 4.76. The predicted octanol–water partition coefficient (Wildman–Crippen LogP) is 1.40. The summed E-state index contributed by atoms with van der Waals surface area (Å²) in [4.78, 5) is 35.3. The van der Waals surface area contributed by atoms with Gasteiger partial charge in [0, 0.05) is 18.6 Å². The van der Waals surface area contributed by atoms with Crippen molar-refractivity contribution in [3.05, 3.63) is 39.9 Å². The van der Waals surface area contributed by atoms with Crippen molar-refractivity contribution in [2.24, 2.45) is 4.99 Å². The van der Waals surface area contributed by atoms with Gasteiger partial charge in [-0.1, -0.05) is 12.1 Å². The minimum atomic E-state index is -1.03. The Kier molecular flexibility index (Phi) is 5.37. The minimum Gasteiger partial charge on any atom is -0.464 e. The Hall–Kier alpha value is -2.53. The lowest BCUT2D eigenvalue weighted by molar-refractivity contribution is -0.384. The van der Waals surface area contributed by atoms with Gasteiger partial charge in [-0.15, -0.1) is 0 Å². The number of carbonyl (C=O) groups excluding carboxylic acids is 2. The van der Waals surface area contributed by atoms with E-state index in [1.807, 2.05) is 0 Å². The number of aliphatic imine (C=N–C) groups is 1. The molecule has 1 aromatic carbocycles. The van der Waals surface area contributed by atoms with Crippen molar-refractivity contribution in [3.8, 4) is 0 Å². The van der Waals surface area contributed by atoms with E-state index < -0.39 is 16.9 Å². The first-order valence-corrected chi connectivity index (χ1v) is 5.55. The quantitative estimate of drug-likeness (QED) is 0.254. The van der Waals surface area contributed by atoms with Crippen molar-refractivity contribution in [1.82, 2.24) is 0 Å². The van der Waals surface area contributed by atoms with Crippen LogP contribution in [0, 0.1) is 10.1 Å². The molecule has 0 aliphatic heterocycles. The summed E-state index contributed by atoms with van der Waals surface area (Å²) in [6.45, 7) is 1.80. The Balaban J connectivity index is 2.90. The lowest BCUT2D eigenvalue weighted by atomic mass is 10.1. The molecule has 7 heteroatoms. The second-order valence-electron chi connectivity index (χ2n) is 3.62. The average Bonchev–Trinajstić information content (AvgIpc) is 2.39. The van der Waals surface area contributed by atoms with Gasteiger partial charge in [0.1, 0.15) is 0 Å². The van der Waals surface area contributed by atoms with E-state index in [0.717, 1.165) is 0 Å². The van der Waals surface area contributed by atoms with E-state index in [0.29, 0.717) is 5.56 Å². The van der Waals surface area contributed by atoms with Crippen molar-refractivity contribution < 1.29 is 19.2 Å². The number of esters is 1. The number of ether oxygens (including phenoxy) is 1. The van der Waals surface area contributed by atoms with Crippen LogP contribution in [0.15, 0.2) is 29.3 Å². The molecule has 19 heavy (non-hydrogen) atoms. The summed E-state index contributed by atoms with van der Waals surface area (Å²) in [5.41, 5.74) is 0.432. The molecule has 0 aromatic heterocycles. The summed E-state index contributed by atoms with van der Waals surface area (Å²) in [7, 11) is 0. The molecule has 0 heterocycles.